The summed E-state index contributed by atoms with van der Waals surface area (Å²) in [6.45, 7) is 0. The summed E-state index contributed by atoms with van der Waals surface area (Å²) in [5.41, 5.74) is 1.12. The Kier molecular flexibility index (Phi) is 5.57. The number of rotatable bonds is 6. The Labute approximate surface area is 134 Å². The average Bonchev–Trinajstić information content (AvgIpc) is 2.55. The van der Waals surface area contributed by atoms with Crippen LogP contribution in [0.1, 0.15) is 6.42 Å². The van der Waals surface area contributed by atoms with Gasteiger partial charge in [-0.15, -0.1) is 0 Å². The number of ether oxygens (including phenoxy) is 2. The first-order valence-corrected chi connectivity index (χ1v) is 6.99. The average molecular weight is 314 g/mol. The molecule has 0 bridgehead atoms. The van der Waals surface area contributed by atoms with Gasteiger partial charge in [0.2, 0.25) is 11.8 Å². The molecule has 6 heteroatoms. The molecule has 0 aliphatic carbocycles. The van der Waals surface area contributed by atoms with Crippen LogP contribution in [0.3, 0.4) is 0 Å². The van der Waals surface area contributed by atoms with Crippen molar-refractivity contribution in [3.8, 4) is 11.5 Å². The van der Waals surface area contributed by atoms with Gasteiger partial charge < -0.3 is 20.1 Å². The van der Waals surface area contributed by atoms with E-state index in [4.69, 9.17) is 9.47 Å². The van der Waals surface area contributed by atoms with Crippen LogP contribution in [-0.2, 0) is 9.59 Å². The van der Waals surface area contributed by atoms with Gasteiger partial charge in [-0.25, -0.2) is 0 Å². The van der Waals surface area contributed by atoms with Gasteiger partial charge in [0.05, 0.1) is 19.9 Å². The molecular formula is C17H18N2O4. The Bertz CT molecular complexity index is 683. The normalized spacial score (nSPS) is 9.83. The van der Waals surface area contributed by atoms with Gasteiger partial charge in [0.1, 0.15) is 17.9 Å². The largest absolute Gasteiger partial charge is 0.497 e. The monoisotopic (exact) mass is 314 g/mol. The fourth-order valence-electron chi connectivity index (χ4n) is 1.97. The molecule has 0 saturated carbocycles. The van der Waals surface area contributed by atoms with Crippen LogP contribution in [0.5, 0.6) is 11.5 Å². The molecular weight excluding hydrogens is 296 g/mol. The van der Waals surface area contributed by atoms with Crippen LogP contribution in [-0.4, -0.2) is 26.0 Å². The van der Waals surface area contributed by atoms with Crippen molar-refractivity contribution in [2.45, 2.75) is 6.42 Å². The summed E-state index contributed by atoms with van der Waals surface area (Å²) in [4.78, 5) is 23.8. The molecule has 0 aliphatic heterocycles. The molecule has 0 saturated heterocycles. The van der Waals surface area contributed by atoms with Crippen molar-refractivity contribution < 1.29 is 19.1 Å². The van der Waals surface area contributed by atoms with Gasteiger partial charge >= 0.3 is 0 Å². The van der Waals surface area contributed by atoms with E-state index in [2.05, 4.69) is 10.6 Å². The van der Waals surface area contributed by atoms with Crippen molar-refractivity contribution in [3.63, 3.8) is 0 Å². The van der Waals surface area contributed by atoms with E-state index in [9.17, 15) is 9.59 Å². The molecule has 2 aromatic carbocycles. The Hall–Kier alpha value is -3.02. The molecule has 0 aromatic heterocycles. The third-order valence-electron chi connectivity index (χ3n) is 3.08. The zero-order valence-corrected chi connectivity index (χ0v) is 13.0. The van der Waals surface area contributed by atoms with Crippen molar-refractivity contribution in [1.82, 2.24) is 0 Å². The maximum absolute atomic E-state index is 11.9. The lowest BCUT2D eigenvalue weighted by atomic mass is 10.2. The van der Waals surface area contributed by atoms with Crippen LogP contribution >= 0.6 is 0 Å². The van der Waals surface area contributed by atoms with E-state index in [0.29, 0.717) is 22.9 Å². The molecule has 120 valence electrons. The third kappa shape index (κ3) is 4.74. The van der Waals surface area contributed by atoms with Crippen LogP contribution < -0.4 is 20.1 Å². The van der Waals surface area contributed by atoms with Gasteiger partial charge in [0, 0.05) is 5.69 Å². The van der Waals surface area contributed by atoms with E-state index >= 15 is 0 Å². The molecule has 6 nitrogen and oxygen atoms in total. The van der Waals surface area contributed by atoms with Gasteiger partial charge in [-0.2, -0.15) is 0 Å². The first-order chi connectivity index (χ1) is 11.1. The van der Waals surface area contributed by atoms with E-state index < -0.39 is 11.8 Å². The number of carbonyl (C=O) groups excluding carboxylic acids is 2. The van der Waals surface area contributed by atoms with Crippen molar-refractivity contribution >= 4 is 23.2 Å². The van der Waals surface area contributed by atoms with Crippen molar-refractivity contribution in [1.29, 1.82) is 0 Å². The minimum absolute atomic E-state index is 0.288. The first-order valence-electron chi connectivity index (χ1n) is 6.99. The lowest BCUT2D eigenvalue weighted by Gasteiger charge is -2.10. The molecule has 0 unspecified atom stereocenters. The number of methoxy groups -OCH3 is 2. The number of carbonyl (C=O) groups is 2. The molecule has 0 atom stereocenters. The zero-order chi connectivity index (χ0) is 16.7. The van der Waals surface area contributed by atoms with Crippen LogP contribution in [0, 0.1) is 0 Å². The molecule has 0 fully saturated rings. The minimum Gasteiger partial charge on any atom is -0.497 e. The maximum Gasteiger partial charge on any atom is 0.233 e. The minimum atomic E-state index is -0.416. The highest BCUT2D eigenvalue weighted by Gasteiger charge is 2.12. The Morgan fingerprint density at radius 1 is 0.870 bits per heavy atom. The Morgan fingerprint density at radius 2 is 1.52 bits per heavy atom. The number of nitrogens with one attached hydrogen (secondary N) is 2. The summed E-state index contributed by atoms with van der Waals surface area (Å²) in [5.74, 6) is 0.413. The summed E-state index contributed by atoms with van der Waals surface area (Å²) < 4.78 is 10.2. The molecule has 23 heavy (non-hydrogen) atoms. The second kappa shape index (κ2) is 7.84. The van der Waals surface area contributed by atoms with Gasteiger partial charge in [-0.1, -0.05) is 12.1 Å². The highest BCUT2D eigenvalue weighted by Crippen LogP contribution is 2.23. The predicted octanol–water partition coefficient (Wildman–Crippen LogP) is 2.67. The second-order valence-electron chi connectivity index (χ2n) is 4.70. The van der Waals surface area contributed by atoms with Gasteiger partial charge in [-0.05, 0) is 36.4 Å². The summed E-state index contributed by atoms with van der Waals surface area (Å²) in [7, 11) is 3.08. The van der Waals surface area contributed by atoms with E-state index in [1.807, 2.05) is 0 Å². The van der Waals surface area contributed by atoms with Gasteiger partial charge in [0.15, 0.2) is 0 Å². The zero-order valence-electron chi connectivity index (χ0n) is 13.0. The highest BCUT2D eigenvalue weighted by atomic mass is 16.5. The number of hydrogen-bond donors (Lipinski definition) is 2. The van der Waals surface area contributed by atoms with E-state index in [1.54, 1.807) is 55.6 Å². The molecule has 0 heterocycles. The molecule has 0 spiro atoms. The maximum atomic E-state index is 11.9. The van der Waals surface area contributed by atoms with Crippen LogP contribution in [0.25, 0.3) is 0 Å². The van der Waals surface area contributed by atoms with Crippen molar-refractivity contribution in [2.75, 3.05) is 24.9 Å². The smallest absolute Gasteiger partial charge is 0.233 e. The van der Waals surface area contributed by atoms with Crippen molar-refractivity contribution in [2.24, 2.45) is 0 Å². The fourth-order valence-corrected chi connectivity index (χ4v) is 1.97. The summed E-state index contributed by atoms with van der Waals surface area (Å²) >= 11 is 0. The SMILES string of the molecule is COc1ccc(NC(=O)CC(=O)Nc2ccccc2OC)cc1. The van der Waals surface area contributed by atoms with Crippen LogP contribution in [0.4, 0.5) is 11.4 Å². The lowest BCUT2D eigenvalue weighted by Crippen LogP contribution is -2.21. The first kappa shape index (κ1) is 16.4. The number of hydrogen-bond acceptors (Lipinski definition) is 4. The number of anilines is 2. The van der Waals surface area contributed by atoms with Crippen LogP contribution in [0.15, 0.2) is 48.5 Å². The predicted molar refractivity (Wildman–Crippen MR) is 87.9 cm³/mol. The molecule has 2 amide bonds. The van der Waals surface area contributed by atoms with E-state index in [1.165, 1.54) is 7.11 Å². The Morgan fingerprint density at radius 3 is 2.17 bits per heavy atom. The topological polar surface area (TPSA) is 76.7 Å². The van der Waals surface area contributed by atoms with Crippen LogP contribution in [0.2, 0.25) is 0 Å². The summed E-state index contributed by atoms with van der Waals surface area (Å²) in [5, 5.41) is 5.30. The second-order valence-corrected chi connectivity index (χ2v) is 4.70. The quantitative estimate of drug-likeness (QED) is 0.804. The molecule has 2 N–H and O–H groups in total. The number of para-hydroxylation sites is 2. The summed E-state index contributed by atoms with van der Waals surface area (Å²) in [6.07, 6.45) is -0.288. The Balaban J connectivity index is 1.90. The van der Waals surface area contributed by atoms with Gasteiger partial charge in [-0.3, -0.25) is 9.59 Å². The standard InChI is InChI=1S/C17H18N2O4/c1-22-13-9-7-12(8-10-13)18-16(20)11-17(21)19-14-5-3-4-6-15(14)23-2/h3-10H,11H2,1-2H3,(H,18,20)(H,19,21). The number of amides is 2. The summed E-state index contributed by atoms with van der Waals surface area (Å²) in [6, 6.07) is 13.9. The fraction of sp³-hybridized carbons (Fsp3) is 0.176. The molecule has 0 aliphatic rings. The molecule has 2 rings (SSSR count). The number of benzene rings is 2. The third-order valence-corrected chi connectivity index (χ3v) is 3.08. The van der Waals surface area contributed by atoms with E-state index in [-0.39, 0.29) is 6.42 Å². The molecule has 2 aromatic rings. The highest BCUT2D eigenvalue weighted by molar-refractivity contribution is 6.08. The molecule has 0 radical (unpaired) electrons. The van der Waals surface area contributed by atoms with E-state index in [0.717, 1.165) is 0 Å². The van der Waals surface area contributed by atoms with Gasteiger partial charge in [0.25, 0.3) is 0 Å². The van der Waals surface area contributed by atoms with Crippen molar-refractivity contribution in [3.05, 3.63) is 48.5 Å². The lowest BCUT2D eigenvalue weighted by molar-refractivity contribution is -0.123.